The molecule has 1 aromatic heterocycles. The number of benzene rings is 2. The largest absolute Gasteiger partial charge is 0.506 e. The summed E-state index contributed by atoms with van der Waals surface area (Å²) >= 11 is 9.33. The molecular formula is C22H23BrClN7O2. The molecule has 0 bridgehead atoms. The van der Waals surface area contributed by atoms with Crippen molar-refractivity contribution in [3.05, 3.63) is 56.5 Å². The summed E-state index contributed by atoms with van der Waals surface area (Å²) < 4.78 is 5.92. The predicted molar refractivity (Wildman–Crippen MR) is 134 cm³/mol. The molecule has 11 heteroatoms. The molecular weight excluding hydrogens is 510 g/mol. The van der Waals surface area contributed by atoms with E-state index in [2.05, 4.69) is 52.8 Å². The number of phenols is 1. The molecule has 1 aliphatic rings. The zero-order valence-electron chi connectivity index (χ0n) is 18.1. The molecule has 1 fully saturated rings. The minimum absolute atomic E-state index is 0.0341. The molecule has 3 N–H and O–H groups in total. The van der Waals surface area contributed by atoms with E-state index in [0.29, 0.717) is 53.3 Å². The molecule has 0 radical (unpaired) electrons. The fourth-order valence-electron chi connectivity index (χ4n) is 3.21. The van der Waals surface area contributed by atoms with Gasteiger partial charge in [-0.25, -0.2) is 5.43 Å². The van der Waals surface area contributed by atoms with E-state index in [-0.39, 0.29) is 11.7 Å². The Morgan fingerprint density at radius 3 is 2.67 bits per heavy atom. The molecule has 2 heterocycles. The summed E-state index contributed by atoms with van der Waals surface area (Å²) in [7, 11) is 0. The van der Waals surface area contributed by atoms with Gasteiger partial charge in [0.2, 0.25) is 17.8 Å². The van der Waals surface area contributed by atoms with Crippen molar-refractivity contribution >= 4 is 57.3 Å². The van der Waals surface area contributed by atoms with E-state index in [0.717, 1.165) is 16.8 Å². The summed E-state index contributed by atoms with van der Waals surface area (Å²) in [5, 5.41) is 18.1. The first-order chi connectivity index (χ1) is 15.9. The fraction of sp³-hybridized carbons (Fsp3) is 0.273. The molecule has 172 valence electrons. The first-order valence-electron chi connectivity index (χ1n) is 10.3. The van der Waals surface area contributed by atoms with Gasteiger partial charge in [0.05, 0.1) is 23.9 Å². The minimum atomic E-state index is 0.0341. The summed E-state index contributed by atoms with van der Waals surface area (Å²) in [5.41, 5.74) is 6.39. The Labute approximate surface area is 205 Å². The van der Waals surface area contributed by atoms with Crippen molar-refractivity contribution < 1.29 is 9.84 Å². The Morgan fingerprint density at radius 2 is 1.88 bits per heavy atom. The van der Waals surface area contributed by atoms with Gasteiger partial charge in [-0.1, -0.05) is 23.7 Å². The van der Waals surface area contributed by atoms with Crippen molar-refractivity contribution in [3.63, 3.8) is 0 Å². The highest BCUT2D eigenvalue weighted by atomic mass is 79.9. The number of nitrogens with one attached hydrogen (secondary N) is 2. The summed E-state index contributed by atoms with van der Waals surface area (Å²) in [5.74, 6) is 1.21. The Balaban J connectivity index is 1.62. The van der Waals surface area contributed by atoms with Gasteiger partial charge in [0.25, 0.3) is 0 Å². The van der Waals surface area contributed by atoms with Gasteiger partial charge in [-0.3, -0.25) is 0 Å². The molecule has 0 saturated carbocycles. The van der Waals surface area contributed by atoms with Gasteiger partial charge in [-0.15, -0.1) is 0 Å². The van der Waals surface area contributed by atoms with Crippen LogP contribution in [0.2, 0.25) is 5.02 Å². The van der Waals surface area contributed by atoms with Crippen molar-refractivity contribution in [1.29, 1.82) is 0 Å². The number of morpholine rings is 1. The lowest BCUT2D eigenvalue weighted by Gasteiger charge is -2.27. The Bertz CT molecular complexity index is 1190. The van der Waals surface area contributed by atoms with Crippen LogP contribution in [0.5, 0.6) is 5.75 Å². The molecule has 1 aliphatic heterocycles. The summed E-state index contributed by atoms with van der Waals surface area (Å²) in [6, 6.07) is 9.35. The number of anilines is 4. The lowest BCUT2D eigenvalue weighted by Crippen LogP contribution is -2.37. The summed E-state index contributed by atoms with van der Waals surface area (Å²) in [4.78, 5) is 15.6. The van der Waals surface area contributed by atoms with Gasteiger partial charge in [0, 0.05) is 29.4 Å². The van der Waals surface area contributed by atoms with Crippen LogP contribution in [0, 0.1) is 13.8 Å². The molecule has 33 heavy (non-hydrogen) atoms. The quantitative estimate of drug-likeness (QED) is 0.311. The van der Waals surface area contributed by atoms with E-state index in [1.54, 1.807) is 12.1 Å². The molecule has 0 spiro atoms. The highest BCUT2D eigenvalue weighted by Crippen LogP contribution is 2.30. The van der Waals surface area contributed by atoms with Crippen LogP contribution >= 0.6 is 27.5 Å². The van der Waals surface area contributed by atoms with Crippen LogP contribution in [-0.2, 0) is 4.74 Å². The fourth-order valence-corrected chi connectivity index (χ4v) is 4.04. The highest BCUT2D eigenvalue weighted by Gasteiger charge is 2.17. The van der Waals surface area contributed by atoms with Crippen LogP contribution in [0.15, 0.2) is 39.9 Å². The molecule has 0 atom stereocenters. The van der Waals surface area contributed by atoms with Crippen molar-refractivity contribution in [2.24, 2.45) is 5.10 Å². The third kappa shape index (κ3) is 5.89. The first-order valence-corrected chi connectivity index (χ1v) is 11.5. The Kier molecular flexibility index (Phi) is 7.26. The lowest BCUT2D eigenvalue weighted by atomic mass is 10.1. The lowest BCUT2D eigenvalue weighted by molar-refractivity contribution is 0.122. The van der Waals surface area contributed by atoms with E-state index in [1.807, 2.05) is 30.9 Å². The molecule has 0 unspecified atom stereocenters. The van der Waals surface area contributed by atoms with Crippen molar-refractivity contribution in [3.8, 4) is 5.75 Å². The molecule has 0 aliphatic carbocycles. The molecule has 2 aromatic carbocycles. The number of aromatic hydroxyl groups is 1. The number of hydrazone groups is 1. The molecule has 9 nitrogen and oxygen atoms in total. The maximum atomic E-state index is 10.2. The second-order valence-corrected chi connectivity index (χ2v) is 8.81. The Hall–Kier alpha value is -2.95. The highest BCUT2D eigenvalue weighted by molar-refractivity contribution is 9.10. The SMILES string of the molecule is Cc1ccc(C)c(Nc2nc(NN=Cc3cc(Cl)cc(Br)c3O)nc(N3CCOCC3)n2)c1. The number of aryl methyl sites for hydroxylation is 2. The second-order valence-electron chi connectivity index (χ2n) is 7.52. The number of aromatic nitrogens is 3. The number of halogens is 2. The van der Waals surface area contributed by atoms with Crippen LogP contribution in [0.25, 0.3) is 0 Å². The van der Waals surface area contributed by atoms with Crippen LogP contribution in [-0.4, -0.2) is 52.6 Å². The van der Waals surface area contributed by atoms with Gasteiger partial charge < -0.3 is 20.1 Å². The van der Waals surface area contributed by atoms with E-state index >= 15 is 0 Å². The van der Waals surface area contributed by atoms with E-state index in [1.165, 1.54) is 6.21 Å². The van der Waals surface area contributed by atoms with Gasteiger partial charge >= 0.3 is 0 Å². The van der Waals surface area contributed by atoms with Gasteiger partial charge in [0.1, 0.15) is 5.75 Å². The average molecular weight is 533 g/mol. The molecule has 3 aromatic rings. The van der Waals surface area contributed by atoms with Crippen molar-refractivity contribution in [2.75, 3.05) is 41.9 Å². The second kappa shape index (κ2) is 10.3. The number of ether oxygens (including phenoxy) is 1. The summed E-state index contributed by atoms with van der Waals surface area (Å²) in [6.45, 7) is 6.62. The molecule has 0 amide bonds. The number of hydrogen-bond donors (Lipinski definition) is 3. The van der Waals surface area contributed by atoms with Crippen LogP contribution < -0.4 is 15.6 Å². The minimum Gasteiger partial charge on any atom is -0.506 e. The van der Waals surface area contributed by atoms with E-state index in [9.17, 15) is 5.11 Å². The third-order valence-corrected chi connectivity index (χ3v) is 5.81. The molecule has 1 saturated heterocycles. The normalized spacial score (nSPS) is 14.0. The smallest absolute Gasteiger partial charge is 0.250 e. The Morgan fingerprint density at radius 1 is 1.12 bits per heavy atom. The zero-order valence-corrected chi connectivity index (χ0v) is 20.5. The van der Waals surface area contributed by atoms with E-state index in [4.69, 9.17) is 16.3 Å². The molecule has 4 rings (SSSR count). The van der Waals surface area contributed by atoms with E-state index < -0.39 is 0 Å². The third-order valence-electron chi connectivity index (χ3n) is 4.98. The standard InChI is InChI=1S/C22H23BrClN7O2/c1-13-3-4-14(2)18(9-13)26-20-27-21(29-22(28-20)31-5-7-33-8-6-31)30-25-12-15-10-16(24)11-17(23)19(15)32/h3-4,9-12,32H,5-8H2,1-2H3,(H2,26,27,28,29,30). The van der Waals surface area contributed by atoms with Crippen LogP contribution in [0.4, 0.5) is 23.5 Å². The average Bonchev–Trinajstić information content (AvgIpc) is 2.80. The van der Waals surface area contributed by atoms with Crippen molar-refractivity contribution in [1.82, 2.24) is 15.0 Å². The number of hydrogen-bond acceptors (Lipinski definition) is 9. The first kappa shape index (κ1) is 23.2. The topological polar surface area (TPSA) is 108 Å². The maximum absolute atomic E-state index is 10.2. The number of rotatable bonds is 6. The predicted octanol–water partition coefficient (Wildman–Crippen LogP) is 4.64. The summed E-state index contributed by atoms with van der Waals surface area (Å²) in [6.07, 6.45) is 1.45. The van der Waals surface area contributed by atoms with Gasteiger partial charge in [0.15, 0.2) is 0 Å². The van der Waals surface area contributed by atoms with Crippen molar-refractivity contribution in [2.45, 2.75) is 13.8 Å². The number of phenolic OH excluding ortho intramolecular Hbond substituents is 1. The number of nitrogens with zero attached hydrogens (tertiary/aromatic N) is 5. The maximum Gasteiger partial charge on any atom is 0.250 e. The van der Waals surface area contributed by atoms with Crippen LogP contribution in [0.1, 0.15) is 16.7 Å². The van der Waals surface area contributed by atoms with Gasteiger partial charge in [-0.05, 0) is 59.1 Å². The zero-order chi connectivity index (χ0) is 23.4. The van der Waals surface area contributed by atoms with Crippen LogP contribution in [0.3, 0.4) is 0 Å². The monoisotopic (exact) mass is 531 g/mol. The van der Waals surface area contributed by atoms with Gasteiger partial charge in [-0.2, -0.15) is 20.1 Å².